The topological polar surface area (TPSA) is 122 Å². The van der Waals surface area contributed by atoms with Crippen LogP contribution < -0.4 is 10.0 Å². The molecule has 4 rings (SSSR count). The Morgan fingerprint density at radius 3 is 2.33 bits per heavy atom. The van der Waals surface area contributed by atoms with Crippen LogP contribution in [-0.4, -0.2) is 59.4 Å². The number of ether oxygens (including phenoxy) is 1. The number of hydrogen-bond acceptors (Lipinski definition) is 6. The van der Waals surface area contributed by atoms with E-state index >= 15 is 0 Å². The van der Waals surface area contributed by atoms with Crippen LogP contribution in [0.3, 0.4) is 0 Å². The summed E-state index contributed by atoms with van der Waals surface area (Å²) in [5, 5.41) is 2.64. The highest BCUT2D eigenvalue weighted by atomic mass is 32.2. The minimum absolute atomic E-state index is 0.00794. The molecule has 176 valence electrons. The maximum absolute atomic E-state index is 12.7. The maximum Gasteiger partial charge on any atom is 0.248 e. The van der Waals surface area contributed by atoms with Crippen LogP contribution in [0.25, 0.3) is 6.08 Å². The summed E-state index contributed by atoms with van der Waals surface area (Å²) in [6.07, 6.45) is 4.52. The molecule has 1 aliphatic heterocycles. The molecule has 2 N–H and O–H groups in total. The van der Waals surface area contributed by atoms with E-state index in [1.807, 2.05) is 0 Å². The lowest BCUT2D eigenvalue weighted by Crippen LogP contribution is -2.40. The molecule has 1 amide bonds. The van der Waals surface area contributed by atoms with Gasteiger partial charge in [0.25, 0.3) is 0 Å². The standard InChI is InChI=1S/C22H25N3O6S2/c26-22(23-19-2-1-3-21(16-19)32(27,28)24-18-7-8-18)11-6-17-4-9-20(10-5-17)33(29,30)25-12-14-31-15-13-25/h1-6,9-11,16,18,24H,7-8,12-15H2,(H,23,26)/b11-6+. The molecule has 1 saturated carbocycles. The van der Waals surface area contributed by atoms with E-state index in [0.29, 0.717) is 37.6 Å². The van der Waals surface area contributed by atoms with Gasteiger partial charge < -0.3 is 10.1 Å². The molecule has 1 saturated heterocycles. The lowest BCUT2D eigenvalue weighted by molar-refractivity contribution is -0.111. The van der Waals surface area contributed by atoms with Gasteiger partial charge in [0.15, 0.2) is 0 Å². The van der Waals surface area contributed by atoms with Crippen molar-refractivity contribution in [2.24, 2.45) is 0 Å². The fraction of sp³-hybridized carbons (Fsp3) is 0.318. The van der Waals surface area contributed by atoms with Crippen LogP contribution in [0, 0.1) is 0 Å². The van der Waals surface area contributed by atoms with Crippen molar-refractivity contribution in [3.05, 3.63) is 60.2 Å². The van der Waals surface area contributed by atoms with E-state index in [9.17, 15) is 21.6 Å². The quantitative estimate of drug-likeness (QED) is 0.543. The predicted molar refractivity (Wildman–Crippen MR) is 123 cm³/mol. The van der Waals surface area contributed by atoms with Crippen molar-refractivity contribution in [3.63, 3.8) is 0 Å². The number of nitrogens with one attached hydrogen (secondary N) is 2. The number of morpholine rings is 1. The molecular weight excluding hydrogens is 466 g/mol. The van der Waals surface area contributed by atoms with Gasteiger partial charge in [0.1, 0.15) is 0 Å². The number of hydrogen-bond donors (Lipinski definition) is 2. The molecule has 0 spiro atoms. The first-order chi connectivity index (χ1) is 15.7. The van der Waals surface area contributed by atoms with Gasteiger partial charge in [-0.15, -0.1) is 0 Å². The highest BCUT2D eigenvalue weighted by Gasteiger charge is 2.28. The number of sulfonamides is 2. The summed E-state index contributed by atoms with van der Waals surface area (Å²) in [6, 6.07) is 12.3. The molecule has 0 unspecified atom stereocenters. The van der Waals surface area contributed by atoms with Crippen molar-refractivity contribution in [1.29, 1.82) is 0 Å². The molecule has 1 aliphatic carbocycles. The van der Waals surface area contributed by atoms with Crippen LogP contribution in [0.1, 0.15) is 18.4 Å². The first-order valence-corrected chi connectivity index (χ1v) is 13.5. The molecule has 9 nitrogen and oxygen atoms in total. The zero-order valence-corrected chi connectivity index (χ0v) is 19.4. The van der Waals surface area contributed by atoms with Gasteiger partial charge >= 0.3 is 0 Å². The lowest BCUT2D eigenvalue weighted by Gasteiger charge is -2.26. The summed E-state index contributed by atoms with van der Waals surface area (Å²) in [7, 11) is -7.19. The number of nitrogens with zero attached hydrogens (tertiary/aromatic N) is 1. The molecule has 2 fully saturated rings. The molecule has 2 aromatic carbocycles. The maximum atomic E-state index is 12.7. The van der Waals surface area contributed by atoms with Crippen LogP contribution in [0.4, 0.5) is 5.69 Å². The third-order valence-electron chi connectivity index (χ3n) is 5.23. The van der Waals surface area contributed by atoms with Crippen LogP contribution in [-0.2, 0) is 29.6 Å². The van der Waals surface area contributed by atoms with Gasteiger partial charge in [-0.1, -0.05) is 18.2 Å². The zero-order valence-electron chi connectivity index (χ0n) is 17.8. The van der Waals surface area contributed by atoms with Gasteiger partial charge in [0, 0.05) is 30.9 Å². The monoisotopic (exact) mass is 491 g/mol. The van der Waals surface area contributed by atoms with E-state index in [4.69, 9.17) is 4.74 Å². The smallest absolute Gasteiger partial charge is 0.248 e. The van der Waals surface area contributed by atoms with Crippen LogP contribution in [0.15, 0.2) is 64.4 Å². The summed E-state index contributed by atoms with van der Waals surface area (Å²) in [4.78, 5) is 12.6. The van der Waals surface area contributed by atoms with E-state index in [2.05, 4.69) is 10.0 Å². The number of amides is 1. The van der Waals surface area contributed by atoms with Crippen molar-refractivity contribution in [1.82, 2.24) is 9.03 Å². The zero-order chi connectivity index (χ0) is 23.5. The Kier molecular flexibility index (Phi) is 6.96. The fourth-order valence-electron chi connectivity index (χ4n) is 3.27. The molecule has 0 atom stereocenters. The van der Waals surface area contributed by atoms with Crippen LogP contribution in [0.2, 0.25) is 0 Å². The average molecular weight is 492 g/mol. The molecule has 2 aliphatic rings. The van der Waals surface area contributed by atoms with Gasteiger partial charge in [-0.3, -0.25) is 4.79 Å². The number of benzene rings is 2. The van der Waals surface area contributed by atoms with E-state index in [1.54, 1.807) is 30.3 Å². The molecule has 0 aromatic heterocycles. The molecule has 0 bridgehead atoms. The summed E-state index contributed by atoms with van der Waals surface area (Å²) in [5.41, 5.74) is 1.01. The Morgan fingerprint density at radius 1 is 0.970 bits per heavy atom. The highest BCUT2D eigenvalue weighted by molar-refractivity contribution is 7.89. The van der Waals surface area contributed by atoms with Gasteiger partial charge in [-0.25, -0.2) is 21.6 Å². The minimum Gasteiger partial charge on any atom is -0.379 e. The molecule has 1 heterocycles. The summed E-state index contributed by atoms with van der Waals surface area (Å²) < 4.78 is 59.2. The third kappa shape index (κ3) is 6.06. The second-order valence-corrected chi connectivity index (χ2v) is 11.5. The van der Waals surface area contributed by atoms with Gasteiger partial charge in [-0.05, 0) is 54.8 Å². The van der Waals surface area contributed by atoms with Gasteiger partial charge in [0.2, 0.25) is 26.0 Å². The summed E-state index contributed by atoms with van der Waals surface area (Å²) >= 11 is 0. The van der Waals surface area contributed by atoms with Gasteiger partial charge in [0.05, 0.1) is 23.0 Å². The average Bonchev–Trinajstić information content (AvgIpc) is 3.62. The van der Waals surface area contributed by atoms with E-state index < -0.39 is 26.0 Å². The summed E-state index contributed by atoms with van der Waals surface area (Å²) in [6.45, 7) is 1.40. The minimum atomic E-state index is -3.61. The third-order valence-corrected chi connectivity index (χ3v) is 8.66. The van der Waals surface area contributed by atoms with E-state index in [-0.39, 0.29) is 15.8 Å². The Labute approximate surface area is 193 Å². The molecule has 0 radical (unpaired) electrons. The Bertz CT molecular complexity index is 1250. The van der Waals surface area contributed by atoms with Gasteiger partial charge in [-0.2, -0.15) is 4.31 Å². The predicted octanol–water partition coefficient (Wildman–Crippen LogP) is 1.80. The van der Waals surface area contributed by atoms with Crippen molar-refractivity contribution >= 4 is 37.7 Å². The molecule has 33 heavy (non-hydrogen) atoms. The largest absolute Gasteiger partial charge is 0.379 e. The Balaban J connectivity index is 1.38. The van der Waals surface area contributed by atoms with E-state index in [1.165, 1.54) is 34.6 Å². The Morgan fingerprint density at radius 2 is 1.67 bits per heavy atom. The first kappa shape index (κ1) is 23.6. The van der Waals surface area contributed by atoms with E-state index in [0.717, 1.165) is 12.8 Å². The number of carbonyl (C=O) groups excluding carboxylic acids is 1. The SMILES string of the molecule is O=C(/C=C/c1ccc(S(=O)(=O)N2CCOCC2)cc1)Nc1cccc(S(=O)(=O)NC2CC2)c1. The first-order valence-electron chi connectivity index (χ1n) is 10.5. The van der Waals surface area contributed by atoms with Crippen molar-refractivity contribution in [2.45, 2.75) is 28.7 Å². The van der Waals surface area contributed by atoms with Crippen molar-refractivity contribution in [3.8, 4) is 0 Å². The molecule has 11 heteroatoms. The highest BCUT2D eigenvalue weighted by Crippen LogP contribution is 2.23. The second kappa shape index (κ2) is 9.74. The molecule has 2 aromatic rings. The fourth-order valence-corrected chi connectivity index (χ4v) is 6.03. The van der Waals surface area contributed by atoms with Crippen molar-refractivity contribution in [2.75, 3.05) is 31.6 Å². The number of rotatable bonds is 8. The Hall–Kier alpha value is -2.57. The second-order valence-electron chi connectivity index (χ2n) is 7.83. The molecular formula is C22H25N3O6S2. The number of carbonyl (C=O) groups is 1. The van der Waals surface area contributed by atoms with Crippen LogP contribution in [0.5, 0.6) is 0 Å². The normalized spacial score (nSPS) is 17.8. The summed E-state index contributed by atoms with van der Waals surface area (Å²) in [5.74, 6) is -0.440. The van der Waals surface area contributed by atoms with Crippen LogP contribution >= 0.6 is 0 Å². The van der Waals surface area contributed by atoms with Crippen molar-refractivity contribution < 1.29 is 26.4 Å². The lowest BCUT2D eigenvalue weighted by atomic mass is 10.2. The number of anilines is 1.